The molecule has 80 valence electrons. The molecule has 0 saturated carbocycles. The smallest absolute Gasteiger partial charge is 0.308 e. The van der Waals surface area contributed by atoms with Gasteiger partial charge in [0.15, 0.2) is 17.8 Å². The second-order valence-corrected chi connectivity index (χ2v) is 3.50. The minimum absolute atomic E-state index is 0.217. The Morgan fingerprint density at radius 2 is 2.13 bits per heavy atom. The molecule has 0 amide bonds. The molecule has 15 heavy (non-hydrogen) atoms. The van der Waals surface area contributed by atoms with E-state index in [1.807, 2.05) is 0 Å². The van der Waals surface area contributed by atoms with Gasteiger partial charge in [-0.2, -0.15) is 0 Å². The van der Waals surface area contributed by atoms with Crippen LogP contribution >= 0.6 is 15.9 Å². The van der Waals surface area contributed by atoms with E-state index in [2.05, 4.69) is 15.9 Å². The lowest BCUT2D eigenvalue weighted by Crippen LogP contribution is -2.04. The fourth-order valence-electron chi connectivity index (χ4n) is 1.04. The van der Waals surface area contributed by atoms with Gasteiger partial charge in [0.2, 0.25) is 0 Å². The van der Waals surface area contributed by atoms with E-state index in [9.17, 15) is 9.59 Å². The van der Waals surface area contributed by atoms with Crippen LogP contribution in [0.1, 0.15) is 17.3 Å². The fraction of sp³-hybridized carbons (Fsp3) is 0.200. The van der Waals surface area contributed by atoms with Gasteiger partial charge < -0.3 is 9.47 Å². The summed E-state index contributed by atoms with van der Waals surface area (Å²) in [6.07, 6.45) is 0.663. The third-order valence-corrected chi connectivity index (χ3v) is 2.50. The lowest BCUT2D eigenvalue weighted by molar-refractivity contribution is -0.132. The molecule has 1 aromatic rings. The third kappa shape index (κ3) is 2.56. The second kappa shape index (κ2) is 4.93. The number of methoxy groups -OCH3 is 1. The molecule has 0 unspecified atom stereocenters. The largest absolute Gasteiger partial charge is 0.493 e. The van der Waals surface area contributed by atoms with Crippen LogP contribution in [0.5, 0.6) is 11.5 Å². The van der Waals surface area contributed by atoms with E-state index >= 15 is 0 Å². The number of halogens is 1. The monoisotopic (exact) mass is 272 g/mol. The minimum atomic E-state index is -0.475. The van der Waals surface area contributed by atoms with Gasteiger partial charge in [0, 0.05) is 12.5 Å². The molecule has 0 radical (unpaired) electrons. The number of hydrogen-bond donors (Lipinski definition) is 0. The zero-order valence-electron chi connectivity index (χ0n) is 8.24. The molecule has 0 aliphatic carbocycles. The average molecular weight is 273 g/mol. The van der Waals surface area contributed by atoms with Crippen LogP contribution < -0.4 is 9.47 Å². The van der Waals surface area contributed by atoms with Crippen molar-refractivity contribution in [3.05, 3.63) is 22.2 Å². The summed E-state index contributed by atoms with van der Waals surface area (Å²) in [4.78, 5) is 21.5. The van der Waals surface area contributed by atoms with E-state index in [0.29, 0.717) is 22.1 Å². The predicted octanol–water partition coefficient (Wildman–Crippen LogP) is 2.20. The molecule has 4 nitrogen and oxygen atoms in total. The van der Waals surface area contributed by atoms with Crippen molar-refractivity contribution in [2.45, 2.75) is 6.92 Å². The van der Waals surface area contributed by atoms with Gasteiger partial charge in [0.25, 0.3) is 0 Å². The van der Waals surface area contributed by atoms with Crippen molar-refractivity contribution < 1.29 is 19.1 Å². The molecule has 0 spiro atoms. The molecule has 0 heterocycles. The molecule has 0 N–H and O–H groups in total. The summed E-state index contributed by atoms with van der Waals surface area (Å²) in [6, 6.07) is 3.13. The van der Waals surface area contributed by atoms with Crippen molar-refractivity contribution in [3.8, 4) is 11.5 Å². The molecule has 0 atom stereocenters. The maximum absolute atomic E-state index is 10.8. The Balaban J connectivity index is 3.28. The van der Waals surface area contributed by atoms with Crippen LogP contribution in [0.15, 0.2) is 16.6 Å². The molecule has 0 aliphatic heterocycles. The number of esters is 1. The number of hydrogen-bond acceptors (Lipinski definition) is 4. The maximum atomic E-state index is 10.8. The quantitative estimate of drug-likeness (QED) is 0.481. The highest BCUT2D eigenvalue weighted by Crippen LogP contribution is 2.37. The average Bonchev–Trinajstić information content (AvgIpc) is 2.20. The van der Waals surface area contributed by atoms with Crippen LogP contribution in [-0.4, -0.2) is 19.4 Å². The van der Waals surface area contributed by atoms with Crippen molar-refractivity contribution in [3.63, 3.8) is 0 Å². The highest BCUT2D eigenvalue weighted by molar-refractivity contribution is 9.10. The van der Waals surface area contributed by atoms with Gasteiger partial charge in [0.05, 0.1) is 11.6 Å². The van der Waals surface area contributed by atoms with Gasteiger partial charge >= 0.3 is 5.97 Å². The van der Waals surface area contributed by atoms with Gasteiger partial charge in [-0.15, -0.1) is 0 Å². The highest BCUT2D eigenvalue weighted by Gasteiger charge is 2.14. The Bertz CT molecular complexity index is 401. The highest BCUT2D eigenvalue weighted by atomic mass is 79.9. The number of ether oxygens (including phenoxy) is 2. The summed E-state index contributed by atoms with van der Waals surface area (Å²) < 4.78 is 10.4. The van der Waals surface area contributed by atoms with E-state index < -0.39 is 5.97 Å². The molecule has 0 aromatic heterocycles. The van der Waals surface area contributed by atoms with Crippen molar-refractivity contribution in [1.29, 1.82) is 0 Å². The standard InChI is InChI=1S/C10H9BrO4/c1-6(13)15-10-8(14-2)4-3-7(5-12)9(10)11/h3-5H,1-2H3. The van der Waals surface area contributed by atoms with Crippen LogP contribution in [0.3, 0.4) is 0 Å². The fourth-order valence-corrected chi connectivity index (χ4v) is 1.55. The summed E-state index contributed by atoms with van der Waals surface area (Å²) >= 11 is 3.17. The van der Waals surface area contributed by atoms with Crippen LogP contribution in [0.4, 0.5) is 0 Å². The van der Waals surface area contributed by atoms with Crippen LogP contribution in [-0.2, 0) is 4.79 Å². The normalized spacial score (nSPS) is 9.53. The Kier molecular flexibility index (Phi) is 3.85. The first-order valence-corrected chi connectivity index (χ1v) is 4.89. The SMILES string of the molecule is COc1ccc(C=O)c(Br)c1OC(C)=O. The van der Waals surface area contributed by atoms with E-state index in [1.165, 1.54) is 14.0 Å². The van der Waals surface area contributed by atoms with Crippen LogP contribution in [0, 0.1) is 0 Å². The third-order valence-electron chi connectivity index (χ3n) is 1.68. The number of carbonyl (C=O) groups is 2. The number of carbonyl (C=O) groups excluding carboxylic acids is 2. The zero-order chi connectivity index (χ0) is 11.4. The maximum Gasteiger partial charge on any atom is 0.308 e. The van der Waals surface area contributed by atoms with Gasteiger partial charge in [-0.3, -0.25) is 9.59 Å². The number of benzene rings is 1. The Labute approximate surface area is 95.3 Å². The van der Waals surface area contributed by atoms with E-state index in [-0.39, 0.29) is 5.75 Å². The minimum Gasteiger partial charge on any atom is -0.493 e. The summed E-state index contributed by atoms with van der Waals surface area (Å²) in [5, 5.41) is 0. The molecule has 5 heteroatoms. The summed E-state index contributed by atoms with van der Waals surface area (Å²) in [7, 11) is 1.45. The topological polar surface area (TPSA) is 52.6 Å². The lowest BCUT2D eigenvalue weighted by atomic mass is 10.2. The Morgan fingerprint density at radius 1 is 1.47 bits per heavy atom. The Morgan fingerprint density at radius 3 is 2.60 bits per heavy atom. The van der Waals surface area contributed by atoms with E-state index in [0.717, 1.165) is 0 Å². The van der Waals surface area contributed by atoms with Gasteiger partial charge in [-0.25, -0.2) is 0 Å². The molecule has 1 aromatic carbocycles. The van der Waals surface area contributed by atoms with Crippen LogP contribution in [0.2, 0.25) is 0 Å². The number of aldehydes is 1. The van der Waals surface area contributed by atoms with E-state index in [4.69, 9.17) is 9.47 Å². The van der Waals surface area contributed by atoms with Gasteiger partial charge in [-0.05, 0) is 28.1 Å². The molecule has 0 bridgehead atoms. The van der Waals surface area contributed by atoms with Crippen molar-refractivity contribution >= 4 is 28.2 Å². The summed E-state index contributed by atoms with van der Waals surface area (Å²) in [5.74, 6) is 0.134. The molecule has 0 saturated heterocycles. The van der Waals surface area contributed by atoms with Crippen molar-refractivity contribution in [2.75, 3.05) is 7.11 Å². The summed E-state index contributed by atoms with van der Waals surface area (Å²) in [6.45, 7) is 1.28. The first-order valence-electron chi connectivity index (χ1n) is 4.10. The van der Waals surface area contributed by atoms with Crippen LogP contribution in [0.25, 0.3) is 0 Å². The predicted molar refractivity (Wildman–Crippen MR) is 57.4 cm³/mol. The number of rotatable bonds is 3. The molecule has 0 aliphatic rings. The first kappa shape index (κ1) is 11.7. The molecular formula is C10H9BrO4. The van der Waals surface area contributed by atoms with Crippen molar-refractivity contribution in [1.82, 2.24) is 0 Å². The van der Waals surface area contributed by atoms with E-state index in [1.54, 1.807) is 12.1 Å². The Hall–Kier alpha value is -1.36. The van der Waals surface area contributed by atoms with Gasteiger partial charge in [0.1, 0.15) is 0 Å². The summed E-state index contributed by atoms with van der Waals surface area (Å²) in [5.41, 5.74) is 0.395. The second-order valence-electron chi connectivity index (χ2n) is 2.71. The molecular weight excluding hydrogens is 264 g/mol. The van der Waals surface area contributed by atoms with Crippen molar-refractivity contribution in [2.24, 2.45) is 0 Å². The lowest BCUT2D eigenvalue weighted by Gasteiger charge is -2.10. The zero-order valence-corrected chi connectivity index (χ0v) is 9.83. The first-order chi connectivity index (χ1) is 7.10. The molecule has 1 rings (SSSR count). The molecule has 0 fully saturated rings. The van der Waals surface area contributed by atoms with Gasteiger partial charge in [-0.1, -0.05) is 0 Å².